The minimum absolute atomic E-state index is 0.00185. The van der Waals surface area contributed by atoms with Gasteiger partial charge in [-0.1, -0.05) is 13.5 Å². The first-order chi connectivity index (χ1) is 8.82. The van der Waals surface area contributed by atoms with Gasteiger partial charge in [-0.05, 0) is 13.3 Å². The van der Waals surface area contributed by atoms with Crippen molar-refractivity contribution in [3.05, 3.63) is 12.2 Å². The molecule has 19 heavy (non-hydrogen) atoms. The van der Waals surface area contributed by atoms with Crippen LogP contribution in [0.5, 0.6) is 0 Å². The summed E-state index contributed by atoms with van der Waals surface area (Å²) in [6, 6.07) is 0. The molecule has 0 aromatic heterocycles. The van der Waals surface area contributed by atoms with E-state index in [1.54, 1.807) is 6.92 Å². The van der Waals surface area contributed by atoms with Crippen LogP contribution < -0.4 is 0 Å². The highest BCUT2D eigenvalue weighted by molar-refractivity contribution is 5.91. The smallest absolute Gasteiger partial charge is 0.350 e. The minimum atomic E-state index is -1.49. The standard InChI is InChI=1S/C13H20O6/c1-6-13(12(16)18-5,8-7-10(14)17-4)19-11(15)9(2)3/h2,6-8H2,1,3-5H3. The van der Waals surface area contributed by atoms with E-state index in [0.717, 1.165) is 0 Å². The molecule has 0 aliphatic heterocycles. The summed E-state index contributed by atoms with van der Waals surface area (Å²) < 4.78 is 14.3. The highest BCUT2D eigenvalue weighted by Gasteiger charge is 2.42. The van der Waals surface area contributed by atoms with Crippen LogP contribution >= 0.6 is 0 Å². The van der Waals surface area contributed by atoms with Crippen molar-refractivity contribution in [3.8, 4) is 0 Å². The van der Waals surface area contributed by atoms with Gasteiger partial charge in [0.05, 0.1) is 14.2 Å². The number of carbonyl (C=O) groups excluding carboxylic acids is 3. The Hall–Kier alpha value is -1.85. The second-order valence-corrected chi connectivity index (χ2v) is 4.09. The largest absolute Gasteiger partial charge is 0.469 e. The lowest BCUT2D eigenvalue weighted by Gasteiger charge is -2.29. The Morgan fingerprint density at radius 2 is 1.74 bits per heavy atom. The Kier molecular flexibility index (Phi) is 6.82. The summed E-state index contributed by atoms with van der Waals surface area (Å²) in [7, 11) is 2.44. The maximum atomic E-state index is 11.8. The zero-order valence-corrected chi connectivity index (χ0v) is 11.8. The number of rotatable bonds is 7. The Morgan fingerprint density at radius 3 is 2.11 bits per heavy atom. The molecule has 0 saturated heterocycles. The molecule has 0 aromatic rings. The van der Waals surface area contributed by atoms with E-state index in [9.17, 15) is 14.4 Å². The summed E-state index contributed by atoms with van der Waals surface area (Å²) in [5.74, 6) is -1.89. The highest BCUT2D eigenvalue weighted by atomic mass is 16.6. The van der Waals surface area contributed by atoms with E-state index in [2.05, 4.69) is 16.1 Å². The topological polar surface area (TPSA) is 78.9 Å². The quantitative estimate of drug-likeness (QED) is 0.396. The van der Waals surface area contributed by atoms with Gasteiger partial charge < -0.3 is 14.2 Å². The van der Waals surface area contributed by atoms with E-state index in [1.807, 2.05) is 0 Å². The van der Waals surface area contributed by atoms with Crippen molar-refractivity contribution < 1.29 is 28.6 Å². The van der Waals surface area contributed by atoms with Gasteiger partial charge >= 0.3 is 17.9 Å². The van der Waals surface area contributed by atoms with Crippen molar-refractivity contribution in [2.45, 2.75) is 38.7 Å². The normalized spacial score (nSPS) is 13.1. The molecule has 0 saturated carbocycles. The average molecular weight is 272 g/mol. The predicted molar refractivity (Wildman–Crippen MR) is 67.2 cm³/mol. The summed E-state index contributed by atoms with van der Waals surface area (Å²) in [4.78, 5) is 34.6. The van der Waals surface area contributed by atoms with Gasteiger partial charge in [-0.15, -0.1) is 0 Å². The molecule has 0 N–H and O–H groups in total. The molecule has 108 valence electrons. The van der Waals surface area contributed by atoms with Crippen LogP contribution in [0.15, 0.2) is 12.2 Å². The van der Waals surface area contributed by atoms with Crippen LogP contribution in [0.3, 0.4) is 0 Å². The number of hydrogen-bond acceptors (Lipinski definition) is 6. The maximum Gasteiger partial charge on any atom is 0.350 e. The molecule has 0 rings (SSSR count). The van der Waals surface area contributed by atoms with Crippen LogP contribution in [0, 0.1) is 0 Å². The number of methoxy groups -OCH3 is 2. The van der Waals surface area contributed by atoms with E-state index in [1.165, 1.54) is 21.1 Å². The second-order valence-electron chi connectivity index (χ2n) is 4.09. The number of ether oxygens (including phenoxy) is 3. The third kappa shape index (κ3) is 4.73. The Balaban J connectivity index is 5.08. The molecular weight excluding hydrogens is 252 g/mol. The van der Waals surface area contributed by atoms with E-state index < -0.39 is 23.5 Å². The molecule has 0 aliphatic rings. The van der Waals surface area contributed by atoms with Crippen LogP contribution in [-0.2, 0) is 28.6 Å². The molecule has 1 unspecified atom stereocenters. The number of carbonyl (C=O) groups is 3. The van der Waals surface area contributed by atoms with Gasteiger partial charge in [-0.2, -0.15) is 0 Å². The van der Waals surface area contributed by atoms with Crippen molar-refractivity contribution >= 4 is 17.9 Å². The average Bonchev–Trinajstić information content (AvgIpc) is 2.41. The number of esters is 3. The van der Waals surface area contributed by atoms with Gasteiger partial charge in [-0.3, -0.25) is 4.79 Å². The molecule has 0 bridgehead atoms. The highest BCUT2D eigenvalue weighted by Crippen LogP contribution is 2.26. The van der Waals surface area contributed by atoms with Crippen LogP contribution in [0.1, 0.15) is 33.1 Å². The molecule has 0 radical (unpaired) electrons. The summed E-state index contributed by atoms with van der Waals surface area (Å²) in [6.45, 7) is 6.59. The fraction of sp³-hybridized carbons (Fsp3) is 0.615. The molecule has 1 atom stereocenters. The Bertz CT molecular complexity index is 373. The first kappa shape index (κ1) is 17.2. The van der Waals surface area contributed by atoms with E-state index in [0.29, 0.717) is 0 Å². The summed E-state index contributed by atoms with van der Waals surface area (Å²) in [6.07, 6.45) is 0.139. The fourth-order valence-electron chi connectivity index (χ4n) is 1.44. The molecule has 0 spiro atoms. The second kappa shape index (κ2) is 7.56. The van der Waals surface area contributed by atoms with Crippen molar-refractivity contribution in [2.24, 2.45) is 0 Å². The molecule has 0 heterocycles. The van der Waals surface area contributed by atoms with Crippen LogP contribution in [-0.4, -0.2) is 37.7 Å². The van der Waals surface area contributed by atoms with Crippen LogP contribution in [0.4, 0.5) is 0 Å². The van der Waals surface area contributed by atoms with Crippen molar-refractivity contribution in [1.29, 1.82) is 0 Å². The molecule has 0 aliphatic carbocycles. The third-order valence-corrected chi connectivity index (χ3v) is 2.73. The van der Waals surface area contributed by atoms with Crippen molar-refractivity contribution in [3.63, 3.8) is 0 Å². The maximum absolute atomic E-state index is 11.8. The third-order valence-electron chi connectivity index (χ3n) is 2.73. The van der Waals surface area contributed by atoms with Gasteiger partial charge in [0, 0.05) is 18.4 Å². The first-order valence-electron chi connectivity index (χ1n) is 5.87. The lowest BCUT2D eigenvalue weighted by molar-refractivity contribution is -0.180. The lowest BCUT2D eigenvalue weighted by atomic mass is 9.94. The molecule has 6 heteroatoms. The van der Waals surface area contributed by atoms with E-state index in [-0.39, 0.29) is 24.8 Å². The predicted octanol–water partition coefficient (Wildman–Crippen LogP) is 1.38. The molecule has 0 aromatic carbocycles. The molecule has 6 nitrogen and oxygen atoms in total. The molecule has 0 fully saturated rings. The minimum Gasteiger partial charge on any atom is -0.469 e. The van der Waals surface area contributed by atoms with Gasteiger partial charge in [0.2, 0.25) is 5.60 Å². The van der Waals surface area contributed by atoms with Gasteiger partial charge in [0.25, 0.3) is 0 Å². The van der Waals surface area contributed by atoms with Gasteiger partial charge in [0.15, 0.2) is 0 Å². The molecule has 0 amide bonds. The first-order valence-corrected chi connectivity index (χ1v) is 5.87. The van der Waals surface area contributed by atoms with Crippen LogP contribution in [0.25, 0.3) is 0 Å². The Morgan fingerprint density at radius 1 is 1.16 bits per heavy atom. The monoisotopic (exact) mass is 272 g/mol. The van der Waals surface area contributed by atoms with Crippen LogP contribution in [0.2, 0.25) is 0 Å². The summed E-state index contributed by atoms with van der Waals surface area (Å²) in [5.41, 5.74) is -1.32. The summed E-state index contributed by atoms with van der Waals surface area (Å²) in [5, 5.41) is 0. The Labute approximate surface area is 112 Å². The van der Waals surface area contributed by atoms with E-state index >= 15 is 0 Å². The zero-order chi connectivity index (χ0) is 15.1. The fourth-order valence-corrected chi connectivity index (χ4v) is 1.44. The van der Waals surface area contributed by atoms with Crippen molar-refractivity contribution in [1.82, 2.24) is 0 Å². The summed E-state index contributed by atoms with van der Waals surface area (Å²) >= 11 is 0. The van der Waals surface area contributed by atoms with Crippen molar-refractivity contribution in [2.75, 3.05) is 14.2 Å². The molecular formula is C13H20O6. The zero-order valence-electron chi connectivity index (χ0n) is 11.8. The SMILES string of the molecule is C=C(C)C(=O)OC(CC)(CCC(=O)OC)C(=O)OC. The van der Waals surface area contributed by atoms with Gasteiger partial charge in [-0.25, -0.2) is 9.59 Å². The lowest BCUT2D eigenvalue weighted by Crippen LogP contribution is -2.44. The van der Waals surface area contributed by atoms with E-state index in [4.69, 9.17) is 4.74 Å². The number of hydrogen-bond donors (Lipinski definition) is 0. The van der Waals surface area contributed by atoms with Gasteiger partial charge in [0.1, 0.15) is 0 Å².